The lowest BCUT2D eigenvalue weighted by Crippen LogP contribution is -2.38. The molecule has 0 amide bonds. The number of aliphatic hydroxyl groups is 1. The van der Waals surface area contributed by atoms with Crippen molar-refractivity contribution in [1.29, 1.82) is 0 Å². The van der Waals surface area contributed by atoms with Crippen LogP contribution in [0.5, 0.6) is 0 Å². The van der Waals surface area contributed by atoms with Crippen LogP contribution in [0.15, 0.2) is 18.2 Å². The quantitative estimate of drug-likeness (QED) is 0.778. The van der Waals surface area contributed by atoms with Crippen LogP contribution in [0.25, 0.3) is 0 Å². The van der Waals surface area contributed by atoms with Crippen molar-refractivity contribution in [2.45, 2.75) is 45.6 Å². The van der Waals surface area contributed by atoms with Crippen LogP contribution in [-0.4, -0.2) is 37.5 Å². The third-order valence-corrected chi connectivity index (χ3v) is 3.83. The molecule has 1 heterocycles. The van der Waals surface area contributed by atoms with E-state index in [1.54, 1.807) is 0 Å². The molecule has 1 aromatic carbocycles. The number of β-amino-alcohol motifs (C(OH)–C–C–N with tert-alkyl or cyclic N) is 1. The van der Waals surface area contributed by atoms with Crippen molar-refractivity contribution in [3.05, 3.63) is 29.3 Å². The van der Waals surface area contributed by atoms with E-state index in [1.165, 1.54) is 23.2 Å². The minimum atomic E-state index is -0.404. The van der Waals surface area contributed by atoms with E-state index >= 15 is 0 Å². The highest BCUT2D eigenvalue weighted by Crippen LogP contribution is 2.27. The third-order valence-electron chi connectivity index (χ3n) is 3.83. The molecular formula is C17H27NO2. The summed E-state index contributed by atoms with van der Waals surface area (Å²) in [5.74, 6) is 0. The van der Waals surface area contributed by atoms with Gasteiger partial charge in [-0.05, 0) is 37.8 Å². The third kappa shape index (κ3) is 4.22. The first-order valence-corrected chi connectivity index (χ1v) is 7.81. The number of benzene rings is 1. The van der Waals surface area contributed by atoms with Crippen LogP contribution >= 0.6 is 0 Å². The molecule has 0 fully saturated rings. The maximum atomic E-state index is 10.1. The minimum Gasteiger partial charge on any atom is -0.389 e. The summed E-state index contributed by atoms with van der Waals surface area (Å²) in [6, 6.07) is 6.61. The van der Waals surface area contributed by atoms with E-state index in [4.69, 9.17) is 4.74 Å². The zero-order valence-electron chi connectivity index (χ0n) is 12.8. The van der Waals surface area contributed by atoms with Gasteiger partial charge in [0, 0.05) is 25.4 Å². The van der Waals surface area contributed by atoms with Gasteiger partial charge in [-0.1, -0.05) is 31.0 Å². The van der Waals surface area contributed by atoms with Crippen LogP contribution in [0.1, 0.15) is 37.3 Å². The summed E-state index contributed by atoms with van der Waals surface area (Å²) in [5, 5.41) is 10.1. The molecule has 1 unspecified atom stereocenters. The molecule has 20 heavy (non-hydrogen) atoms. The molecule has 1 N–H and O–H groups in total. The minimum absolute atomic E-state index is 0.404. The number of hydrogen-bond acceptors (Lipinski definition) is 3. The predicted molar refractivity (Wildman–Crippen MR) is 83.4 cm³/mol. The van der Waals surface area contributed by atoms with Gasteiger partial charge >= 0.3 is 0 Å². The second kappa shape index (κ2) is 7.65. The average Bonchev–Trinajstić information content (AvgIpc) is 2.43. The normalized spacial score (nSPS) is 16.1. The second-order valence-electron chi connectivity index (χ2n) is 5.76. The summed E-state index contributed by atoms with van der Waals surface area (Å²) in [7, 11) is 0. The molecule has 0 aromatic heterocycles. The maximum Gasteiger partial charge on any atom is 0.0947 e. The molecule has 3 nitrogen and oxygen atoms in total. The van der Waals surface area contributed by atoms with Crippen molar-refractivity contribution >= 4 is 5.69 Å². The van der Waals surface area contributed by atoms with E-state index in [9.17, 15) is 5.11 Å². The van der Waals surface area contributed by atoms with Crippen molar-refractivity contribution < 1.29 is 9.84 Å². The molecule has 0 saturated carbocycles. The predicted octanol–water partition coefficient (Wildman–Crippen LogP) is 2.93. The number of fused-ring (bicyclic) bond motifs is 1. The summed E-state index contributed by atoms with van der Waals surface area (Å²) in [4.78, 5) is 2.30. The van der Waals surface area contributed by atoms with Gasteiger partial charge in [0.05, 0.1) is 12.7 Å². The van der Waals surface area contributed by atoms with Gasteiger partial charge in [-0.25, -0.2) is 0 Å². The first kappa shape index (κ1) is 15.3. The number of unbranched alkanes of at least 4 members (excludes halogenated alkanes) is 1. The van der Waals surface area contributed by atoms with E-state index in [2.05, 4.69) is 36.9 Å². The van der Waals surface area contributed by atoms with Crippen molar-refractivity contribution in [2.24, 2.45) is 0 Å². The Morgan fingerprint density at radius 1 is 1.40 bits per heavy atom. The monoisotopic (exact) mass is 277 g/mol. The van der Waals surface area contributed by atoms with Gasteiger partial charge in [0.2, 0.25) is 0 Å². The van der Waals surface area contributed by atoms with Crippen LogP contribution in [-0.2, 0) is 11.2 Å². The van der Waals surface area contributed by atoms with Crippen LogP contribution in [0.2, 0.25) is 0 Å². The first-order chi connectivity index (χ1) is 9.70. The molecule has 1 aromatic rings. The first-order valence-electron chi connectivity index (χ1n) is 7.81. The number of ether oxygens (including phenoxy) is 1. The van der Waals surface area contributed by atoms with Crippen molar-refractivity contribution in [1.82, 2.24) is 0 Å². The Kier molecular flexibility index (Phi) is 5.86. The molecule has 0 radical (unpaired) electrons. The highest BCUT2D eigenvalue weighted by Gasteiger charge is 2.19. The second-order valence-corrected chi connectivity index (χ2v) is 5.76. The van der Waals surface area contributed by atoms with E-state index < -0.39 is 6.10 Å². The largest absolute Gasteiger partial charge is 0.389 e. The zero-order chi connectivity index (χ0) is 14.4. The van der Waals surface area contributed by atoms with Gasteiger partial charge in [-0.15, -0.1) is 0 Å². The Morgan fingerprint density at radius 2 is 2.25 bits per heavy atom. The summed E-state index contributed by atoms with van der Waals surface area (Å²) in [6.07, 6.45) is 4.11. The molecule has 1 aliphatic heterocycles. The molecule has 112 valence electrons. The molecule has 0 aliphatic carbocycles. The summed E-state index contributed by atoms with van der Waals surface area (Å²) >= 11 is 0. The molecular weight excluding hydrogens is 250 g/mol. The Bertz CT molecular complexity index is 419. The van der Waals surface area contributed by atoms with Crippen LogP contribution in [0, 0.1) is 6.92 Å². The summed E-state index contributed by atoms with van der Waals surface area (Å²) in [5.41, 5.74) is 4.01. The Balaban J connectivity index is 1.88. The average molecular weight is 277 g/mol. The summed E-state index contributed by atoms with van der Waals surface area (Å²) < 4.78 is 5.51. The van der Waals surface area contributed by atoms with Gasteiger partial charge in [-0.2, -0.15) is 0 Å². The molecule has 3 heteroatoms. The number of nitrogens with zero attached hydrogens (tertiary/aromatic N) is 1. The van der Waals surface area contributed by atoms with E-state index in [0.29, 0.717) is 13.2 Å². The lowest BCUT2D eigenvalue weighted by atomic mass is 9.99. The van der Waals surface area contributed by atoms with E-state index in [0.717, 1.165) is 32.4 Å². The zero-order valence-corrected chi connectivity index (χ0v) is 12.8. The van der Waals surface area contributed by atoms with Gasteiger partial charge in [0.1, 0.15) is 0 Å². The summed E-state index contributed by atoms with van der Waals surface area (Å²) in [6.45, 7) is 7.17. The smallest absolute Gasteiger partial charge is 0.0947 e. The fourth-order valence-electron chi connectivity index (χ4n) is 2.77. The Labute approximate surface area is 122 Å². The topological polar surface area (TPSA) is 32.7 Å². The van der Waals surface area contributed by atoms with E-state index in [-0.39, 0.29) is 0 Å². The lowest BCUT2D eigenvalue weighted by Gasteiger charge is -2.33. The van der Waals surface area contributed by atoms with Crippen LogP contribution in [0.4, 0.5) is 5.69 Å². The molecule has 0 saturated heterocycles. The molecule has 0 spiro atoms. The number of rotatable bonds is 7. The highest BCUT2D eigenvalue weighted by molar-refractivity contribution is 5.56. The fraction of sp³-hybridized carbons (Fsp3) is 0.647. The molecule has 1 atom stereocenters. The van der Waals surface area contributed by atoms with Gasteiger partial charge in [-0.3, -0.25) is 0 Å². The highest BCUT2D eigenvalue weighted by atomic mass is 16.5. The van der Waals surface area contributed by atoms with E-state index in [1.807, 2.05) is 0 Å². The Hall–Kier alpha value is -1.06. The maximum absolute atomic E-state index is 10.1. The van der Waals surface area contributed by atoms with Crippen LogP contribution in [0.3, 0.4) is 0 Å². The molecule has 0 bridgehead atoms. The number of aliphatic hydroxyl groups excluding tert-OH is 1. The number of anilines is 1. The van der Waals surface area contributed by atoms with Crippen molar-refractivity contribution in [3.63, 3.8) is 0 Å². The SMILES string of the molecule is CCCCOCC(O)CN1CCCc2cc(C)ccc21. The van der Waals surface area contributed by atoms with Gasteiger partial charge < -0.3 is 14.7 Å². The Morgan fingerprint density at radius 3 is 3.05 bits per heavy atom. The lowest BCUT2D eigenvalue weighted by molar-refractivity contribution is 0.0390. The molecule has 2 rings (SSSR count). The number of aryl methyl sites for hydroxylation is 2. The standard InChI is InChI=1S/C17H27NO2/c1-3-4-10-20-13-16(19)12-18-9-5-6-15-11-14(2)7-8-17(15)18/h7-8,11,16,19H,3-6,9-10,12-13H2,1-2H3. The van der Waals surface area contributed by atoms with Crippen molar-refractivity contribution in [2.75, 3.05) is 31.2 Å². The fourth-order valence-corrected chi connectivity index (χ4v) is 2.77. The van der Waals surface area contributed by atoms with Gasteiger partial charge in [0.25, 0.3) is 0 Å². The van der Waals surface area contributed by atoms with Crippen molar-refractivity contribution in [3.8, 4) is 0 Å². The van der Waals surface area contributed by atoms with Gasteiger partial charge in [0.15, 0.2) is 0 Å². The van der Waals surface area contributed by atoms with Crippen LogP contribution < -0.4 is 4.90 Å². The number of hydrogen-bond donors (Lipinski definition) is 1. The molecule has 1 aliphatic rings.